The van der Waals surface area contributed by atoms with Crippen LogP contribution in [0.5, 0.6) is 0 Å². The fourth-order valence-corrected chi connectivity index (χ4v) is 2.88. The monoisotopic (exact) mass is 296 g/mol. The van der Waals surface area contributed by atoms with Gasteiger partial charge in [0.2, 0.25) is 0 Å². The van der Waals surface area contributed by atoms with Gasteiger partial charge in [-0.15, -0.1) is 0 Å². The number of benzene rings is 1. The van der Waals surface area contributed by atoms with E-state index in [-0.39, 0.29) is 0 Å². The summed E-state index contributed by atoms with van der Waals surface area (Å²) in [6, 6.07) is 6.13. The Morgan fingerprint density at radius 2 is 2.25 bits per heavy atom. The largest absolute Gasteiger partial charge is 0.376 e. The van der Waals surface area contributed by atoms with Crippen molar-refractivity contribution in [2.45, 2.75) is 38.8 Å². The van der Waals surface area contributed by atoms with Crippen LogP contribution in [-0.4, -0.2) is 32.8 Å². The molecule has 1 N–H and O–H groups in total. The number of nitrogens with one attached hydrogen (secondary N) is 1. The number of hydrogen-bond donors (Lipinski definition) is 1. The Bertz CT molecular complexity index is 419. The van der Waals surface area contributed by atoms with Crippen molar-refractivity contribution in [3.05, 3.63) is 28.8 Å². The lowest BCUT2D eigenvalue weighted by molar-refractivity contribution is 0.0216. The van der Waals surface area contributed by atoms with Crippen molar-refractivity contribution < 1.29 is 4.74 Å². The third-order valence-corrected chi connectivity index (χ3v) is 4.00. The van der Waals surface area contributed by atoms with Crippen molar-refractivity contribution in [1.82, 2.24) is 5.32 Å². The predicted molar refractivity (Wildman–Crippen MR) is 85.7 cm³/mol. The number of nitrogens with zero attached hydrogens (tertiary/aromatic N) is 1. The van der Waals surface area contributed by atoms with E-state index in [0.717, 1.165) is 31.3 Å². The molecule has 1 unspecified atom stereocenters. The molecule has 1 heterocycles. The van der Waals surface area contributed by atoms with Gasteiger partial charge in [-0.3, -0.25) is 0 Å². The summed E-state index contributed by atoms with van der Waals surface area (Å²) in [5.41, 5.74) is 2.49. The minimum atomic E-state index is 0.358. The molecule has 0 aliphatic carbocycles. The maximum Gasteiger partial charge on any atom is 0.0749 e. The minimum Gasteiger partial charge on any atom is -0.376 e. The zero-order chi connectivity index (χ0) is 14.4. The summed E-state index contributed by atoms with van der Waals surface area (Å²) >= 11 is 6.12. The van der Waals surface area contributed by atoms with Crippen molar-refractivity contribution in [2.75, 3.05) is 31.6 Å². The number of halogens is 1. The molecule has 1 atom stereocenters. The molecule has 0 radical (unpaired) electrons. The molecule has 1 aromatic carbocycles. The highest BCUT2D eigenvalue weighted by molar-refractivity contribution is 6.30. The zero-order valence-electron chi connectivity index (χ0n) is 12.5. The van der Waals surface area contributed by atoms with Gasteiger partial charge in [-0.05, 0) is 49.6 Å². The van der Waals surface area contributed by atoms with Crippen LogP contribution < -0.4 is 10.2 Å². The molecule has 2 rings (SSSR count). The zero-order valence-corrected chi connectivity index (χ0v) is 13.2. The normalized spacial score (nSPS) is 19.1. The Balaban J connectivity index is 2.05. The number of hydrogen-bond acceptors (Lipinski definition) is 3. The topological polar surface area (TPSA) is 24.5 Å². The van der Waals surface area contributed by atoms with Crippen LogP contribution in [0.2, 0.25) is 5.02 Å². The average Bonchev–Trinajstić information content (AvgIpc) is 2.46. The minimum absolute atomic E-state index is 0.358. The van der Waals surface area contributed by atoms with Crippen molar-refractivity contribution in [2.24, 2.45) is 0 Å². The van der Waals surface area contributed by atoms with E-state index in [9.17, 15) is 0 Å². The molecule has 1 aliphatic heterocycles. The third-order valence-electron chi connectivity index (χ3n) is 3.77. The summed E-state index contributed by atoms with van der Waals surface area (Å²) in [5, 5.41) is 4.17. The van der Waals surface area contributed by atoms with Gasteiger partial charge in [-0.25, -0.2) is 0 Å². The predicted octanol–water partition coefficient (Wildman–Crippen LogP) is 3.45. The van der Waals surface area contributed by atoms with Crippen LogP contribution in [0.15, 0.2) is 18.2 Å². The lowest BCUT2D eigenvalue weighted by Gasteiger charge is -2.30. The van der Waals surface area contributed by atoms with Gasteiger partial charge >= 0.3 is 0 Å². The van der Waals surface area contributed by atoms with Crippen molar-refractivity contribution in [3.8, 4) is 0 Å². The van der Waals surface area contributed by atoms with E-state index in [0.29, 0.717) is 6.10 Å². The first-order valence-corrected chi connectivity index (χ1v) is 7.90. The molecule has 1 fully saturated rings. The summed E-state index contributed by atoms with van der Waals surface area (Å²) in [4.78, 5) is 2.29. The molecule has 0 spiro atoms. The molecule has 4 heteroatoms. The number of rotatable bonds is 6. The van der Waals surface area contributed by atoms with E-state index in [4.69, 9.17) is 16.3 Å². The highest BCUT2D eigenvalue weighted by Crippen LogP contribution is 2.25. The summed E-state index contributed by atoms with van der Waals surface area (Å²) in [6.07, 6.45) is 4.01. The van der Waals surface area contributed by atoms with Crippen LogP contribution in [0.4, 0.5) is 5.69 Å². The van der Waals surface area contributed by atoms with Crippen molar-refractivity contribution in [1.29, 1.82) is 0 Å². The first-order chi connectivity index (χ1) is 9.70. The highest BCUT2D eigenvalue weighted by atomic mass is 35.5. The van der Waals surface area contributed by atoms with Gasteiger partial charge in [-0.1, -0.05) is 18.5 Å². The molecular weight excluding hydrogens is 272 g/mol. The molecule has 1 aliphatic rings. The summed E-state index contributed by atoms with van der Waals surface area (Å²) < 4.78 is 5.83. The lowest BCUT2D eigenvalue weighted by atomic mass is 10.1. The van der Waals surface area contributed by atoms with Gasteiger partial charge < -0.3 is 15.0 Å². The molecule has 112 valence electrons. The van der Waals surface area contributed by atoms with Crippen LogP contribution in [0.1, 0.15) is 31.7 Å². The van der Waals surface area contributed by atoms with Crippen LogP contribution >= 0.6 is 11.6 Å². The van der Waals surface area contributed by atoms with E-state index >= 15 is 0 Å². The van der Waals surface area contributed by atoms with Gasteiger partial charge in [0.05, 0.1) is 6.10 Å². The number of ether oxygens (including phenoxy) is 1. The van der Waals surface area contributed by atoms with Gasteiger partial charge in [0, 0.05) is 37.5 Å². The van der Waals surface area contributed by atoms with E-state index in [1.54, 1.807) is 0 Å². The van der Waals surface area contributed by atoms with Gasteiger partial charge in [0.25, 0.3) is 0 Å². The molecule has 1 saturated heterocycles. The van der Waals surface area contributed by atoms with E-state index in [1.807, 2.05) is 6.07 Å². The van der Waals surface area contributed by atoms with Crippen molar-refractivity contribution >= 4 is 17.3 Å². The van der Waals surface area contributed by atoms with Crippen LogP contribution in [0, 0.1) is 0 Å². The third kappa shape index (κ3) is 4.37. The first-order valence-electron chi connectivity index (χ1n) is 7.52. The van der Waals surface area contributed by atoms with Gasteiger partial charge in [-0.2, -0.15) is 0 Å². The molecule has 0 bridgehead atoms. The smallest absolute Gasteiger partial charge is 0.0749 e. The second-order valence-corrected chi connectivity index (χ2v) is 5.86. The lowest BCUT2D eigenvalue weighted by Crippen LogP contribution is -2.34. The van der Waals surface area contributed by atoms with Crippen LogP contribution in [0.3, 0.4) is 0 Å². The van der Waals surface area contributed by atoms with Gasteiger partial charge in [0.15, 0.2) is 0 Å². The molecule has 20 heavy (non-hydrogen) atoms. The molecule has 0 amide bonds. The Morgan fingerprint density at radius 1 is 1.40 bits per heavy atom. The summed E-state index contributed by atoms with van der Waals surface area (Å²) in [5.74, 6) is 0. The molecule has 0 saturated carbocycles. The second-order valence-electron chi connectivity index (χ2n) is 5.42. The molecule has 1 aromatic rings. The molecule has 0 aromatic heterocycles. The Kier molecular flexibility index (Phi) is 6.14. The Hall–Kier alpha value is -0.770. The Morgan fingerprint density at radius 3 is 2.95 bits per heavy atom. The standard InChI is InChI=1S/C16H25ClN2O/c1-3-18-11-13-10-14(17)7-8-16(13)19(2)12-15-6-4-5-9-20-15/h7-8,10,15,18H,3-6,9,11-12H2,1-2H3. The Labute approximate surface area is 127 Å². The van der Waals surface area contributed by atoms with E-state index < -0.39 is 0 Å². The molecular formula is C16H25ClN2O. The number of likely N-dealkylation sites (N-methyl/N-ethyl adjacent to an activating group) is 1. The average molecular weight is 297 g/mol. The van der Waals surface area contributed by atoms with Gasteiger partial charge in [0.1, 0.15) is 0 Å². The summed E-state index contributed by atoms with van der Waals surface area (Å²) in [7, 11) is 2.14. The quantitative estimate of drug-likeness (QED) is 0.870. The molecule has 3 nitrogen and oxygen atoms in total. The van der Waals surface area contributed by atoms with Crippen molar-refractivity contribution in [3.63, 3.8) is 0 Å². The number of anilines is 1. The fourth-order valence-electron chi connectivity index (χ4n) is 2.68. The summed E-state index contributed by atoms with van der Waals surface area (Å²) in [6.45, 7) is 5.78. The van der Waals surface area contributed by atoms with E-state index in [2.05, 4.69) is 36.3 Å². The van der Waals surface area contributed by atoms with E-state index in [1.165, 1.54) is 30.5 Å². The maximum atomic E-state index is 6.12. The SMILES string of the molecule is CCNCc1cc(Cl)ccc1N(C)CC1CCCCO1. The maximum absolute atomic E-state index is 6.12. The highest BCUT2D eigenvalue weighted by Gasteiger charge is 2.17. The fraction of sp³-hybridized carbons (Fsp3) is 0.625. The second kappa shape index (κ2) is 7.87. The van der Waals surface area contributed by atoms with Crippen LogP contribution in [-0.2, 0) is 11.3 Å². The first kappa shape index (κ1) is 15.6. The van der Waals surface area contributed by atoms with Crippen LogP contribution in [0.25, 0.3) is 0 Å².